The predicted molar refractivity (Wildman–Crippen MR) is 99.1 cm³/mol. The van der Waals surface area contributed by atoms with Crippen LogP contribution in [0.25, 0.3) is 0 Å². The number of urea groups is 1. The van der Waals surface area contributed by atoms with E-state index in [0.717, 1.165) is 11.3 Å². The number of carbonyl (C=O) groups excluding carboxylic acids is 2. The van der Waals surface area contributed by atoms with Crippen LogP contribution in [0, 0.1) is 6.92 Å². The summed E-state index contributed by atoms with van der Waals surface area (Å²) in [5.74, 6) is -0.0320. The average molecular weight is 358 g/mol. The maximum Gasteiger partial charge on any atom is 0.321 e. The number of hydrogen-bond acceptors (Lipinski definition) is 2. The van der Waals surface area contributed by atoms with Crippen LogP contribution in [0.2, 0.25) is 5.02 Å². The Morgan fingerprint density at radius 3 is 2.24 bits per heavy atom. The minimum Gasteiger partial charge on any atom is -0.335 e. The number of nitrogens with one attached hydrogen (secondary N) is 1. The van der Waals surface area contributed by atoms with Gasteiger partial charge in [0.05, 0.1) is 0 Å². The van der Waals surface area contributed by atoms with E-state index in [4.69, 9.17) is 11.6 Å². The largest absolute Gasteiger partial charge is 0.335 e. The average Bonchev–Trinajstić information content (AvgIpc) is 2.62. The quantitative estimate of drug-likeness (QED) is 0.892. The lowest BCUT2D eigenvalue weighted by atomic mass is 10.2. The van der Waals surface area contributed by atoms with Gasteiger partial charge < -0.3 is 15.1 Å². The summed E-state index contributed by atoms with van der Waals surface area (Å²) in [7, 11) is 0. The second-order valence-corrected chi connectivity index (χ2v) is 6.52. The van der Waals surface area contributed by atoms with Gasteiger partial charge in [-0.05, 0) is 48.9 Å². The van der Waals surface area contributed by atoms with Crippen LogP contribution in [-0.2, 0) is 0 Å². The SMILES string of the molecule is Cc1cccc(NC(=O)N2CCN(C(=O)c3ccc(Cl)cc3)CC2)c1. The first kappa shape index (κ1) is 17.3. The molecule has 2 aromatic carbocycles. The summed E-state index contributed by atoms with van der Waals surface area (Å²) in [4.78, 5) is 28.3. The van der Waals surface area contributed by atoms with Crippen molar-refractivity contribution in [3.63, 3.8) is 0 Å². The van der Waals surface area contributed by atoms with Gasteiger partial charge in [0, 0.05) is 42.5 Å². The third-order valence-corrected chi connectivity index (χ3v) is 4.47. The van der Waals surface area contributed by atoms with Crippen LogP contribution in [0.15, 0.2) is 48.5 Å². The number of rotatable bonds is 2. The molecule has 0 aromatic heterocycles. The molecule has 25 heavy (non-hydrogen) atoms. The molecule has 3 rings (SSSR count). The molecule has 0 unspecified atom stereocenters. The zero-order chi connectivity index (χ0) is 17.8. The van der Waals surface area contributed by atoms with Crippen molar-refractivity contribution < 1.29 is 9.59 Å². The van der Waals surface area contributed by atoms with E-state index >= 15 is 0 Å². The first-order valence-corrected chi connectivity index (χ1v) is 8.58. The highest BCUT2D eigenvalue weighted by Crippen LogP contribution is 2.14. The second kappa shape index (κ2) is 7.57. The van der Waals surface area contributed by atoms with Gasteiger partial charge in [0.1, 0.15) is 0 Å². The Labute approximate surface area is 152 Å². The van der Waals surface area contributed by atoms with Crippen molar-refractivity contribution in [2.45, 2.75) is 6.92 Å². The van der Waals surface area contributed by atoms with Crippen molar-refractivity contribution in [1.82, 2.24) is 9.80 Å². The van der Waals surface area contributed by atoms with Crippen LogP contribution < -0.4 is 5.32 Å². The van der Waals surface area contributed by atoms with Gasteiger partial charge in [-0.2, -0.15) is 0 Å². The Morgan fingerprint density at radius 1 is 0.960 bits per heavy atom. The molecule has 1 fully saturated rings. The van der Waals surface area contributed by atoms with Crippen LogP contribution in [0.1, 0.15) is 15.9 Å². The molecule has 6 heteroatoms. The van der Waals surface area contributed by atoms with E-state index < -0.39 is 0 Å². The summed E-state index contributed by atoms with van der Waals surface area (Å²) in [6.45, 7) is 4.04. The van der Waals surface area contributed by atoms with Crippen LogP contribution in [-0.4, -0.2) is 47.9 Å². The number of piperazine rings is 1. The molecular formula is C19H20ClN3O2. The summed E-state index contributed by atoms with van der Waals surface area (Å²) in [6, 6.07) is 14.4. The molecule has 0 spiro atoms. The van der Waals surface area contributed by atoms with Crippen molar-refractivity contribution in [1.29, 1.82) is 0 Å². The highest BCUT2D eigenvalue weighted by molar-refractivity contribution is 6.30. The fraction of sp³-hybridized carbons (Fsp3) is 0.263. The first-order valence-electron chi connectivity index (χ1n) is 8.20. The lowest BCUT2D eigenvalue weighted by Gasteiger charge is -2.34. The highest BCUT2D eigenvalue weighted by atomic mass is 35.5. The molecule has 1 N–H and O–H groups in total. The van der Waals surface area contributed by atoms with Crippen molar-refractivity contribution in [3.8, 4) is 0 Å². The van der Waals surface area contributed by atoms with Gasteiger partial charge in [0.15, 0.2) is 0 Å². The molecular weight excluding hydrogens is 338 g/mol. The van der Waals surface area contributed by atoms with E-state index in [9.17, 15) is 9.59 Å². The van der Waals surface area contributed by atoms with Gasteiger partial charge in [-0.3, -0.25) is 4.79 Å². The van der Waals surface area contributed by atoms with Crippen LogP contribution >= 0.6 is 11.6 Å². The normalized spacial score (nSPS) is 14.3. The van der Waals surface area contributed by atoms with Gasteiger partial charge in [0.2, 0.25) is 0 Å². The Morgan fingerprint density at radius 2 is 1.60 bits per heavy atom. The summed E-state index contributed by atoms with van der Waals surface area (Å²) in [5.41, 5.74) is 2.49. The number of halogens is 1. The Bertz CT molecular complexity index is 768. The number of carbonyl (C=O) groups is 2. The lowest BCUT2D eigenvalue weighted by molar-refractivity contribution is 0.0671. The minimum atomic E-state index is -0.135. The molecule has 2 aromatic rings. The van der Waals surface area contributed by atoms with E-state index in [-0.39, 0.29) is 11.9 Å². The molecule has 0 saturated carbocycles. The molecule has 130 valence electrons. The Balaban J connectivity index is 1.55. The maximum absolute atomic E-state index is 12.5. The van der Waals surface area contributed by atoms with Crippen molar-refractivity contribution >= 4 is 29.2 Å². The number of anilines is 1. The maximum atomic E-state index is 12.5. The lowest BCUT2D eigenvalue weighted by Crippen LogP contribution is -2.51. The van der Waals surface area contributed by atoms with E-state index in [1.807, 2.05) is 31.2 Å². The molecule has 1 saturated heterocycles. The molecule has 1 heterocycles. The van der Waals surface area contributed by atoms with Crippen LogP contribution in [0.3, 0.4) is 0 Å². The number of amides is 3. The fourth-order valence-corrected chi connectivity index (χ4v) is 2.94. The summed E-state index contributed by atoms with van der Waals surface area (Å²) in [5, 5.41) is 3.51. The van der Waals surface area contributed by atoms with Gasteiger partial charge in [0.25, 0.3) is 5.91 Å². The molecule has 3 amide bonds. The summed E-state index contributed by atoms with van der Waals surface area (Å²) >= 11 is 5.86. The van der Waals surface area contributed by atoms with Gasteiger partial charge in [-0.1, -0.05) is 23.7 Å². The zero-order valence-corrected chi connectivity index (χ0v) is 14.8. The Hall–Kier alpha value is -2.53. The van der Waals surface area contributed by atoms with Crippen molar-refractivity contribution in [3.05, 3.63) is 64.7 Å². The summed E-state index contributed by atoms with van der Waals surface area (Å²) in [6.07, 6.45) is 0. The van der Waals surface area contributed by atoms with Gasteiger partial charge in [-0.25, -0.2) is 4.79 Å². The molecule has 0 aliphatic carbocycles. The van der Waals surface area contributed by atoms with E-state index in [1.165, 1.54) is 0 Å². The molecule has 5 nitrogen and oxygen atoms in total. The minimum absolute atomic E-state index is 0.0320. The monoisotopic (exact) mass is 357 g/mol. The molecule has 1 aliphatic heterocycles. The Kier molecular flexibility index (Phi) is 5.24. The third kappa shape index (κ3) is 4.31. The first-order chi connectivity index (χ1) is 12.0. The van der Waals surface area contributed by atoms with Crippen LogP contribution in [0.5, 0.6) is 0 Å². The number of aryl methyl sites for hydroxylation is 1. The highest BCUT2D eigenvalue weighted by Gasteiger charge is 2.24. The topological polar surface area (TPSA) is 52.7 Å². The number of benzene rings is 2. The number of hydrogen-bond donors (Lipinski definition) is 1. The second-order valence-electron chi connectivity index (χ2n) is 6.09. The molecule has 0 atom stereocenters. The van der Waals surface area contributed by atoms with E-state index in [0.29, 0.717) is 36.8 Å². The molecule has 0 bridgehead atoms. The van der Waals surface area contributed by atoms with Gasteiger partial charge in [-0.15, -0.1) is 0 Å². The third-order valence-electron chi connectivity index (χ3n) is 4.21. The smallest absolute Gasteiger partial charge is 0.321 e. The number of nitrogens with zero attached hydrogens (tertiary/aromatic N) is 2. The van der Waals surface area contributed by atoms with E-state index in [1.54, 1.807) is 34.1 Å². The van der Waals surface area contributed by atoms with E-state index in [2.05, 4.69) is 5.32 Å². The van der Waals surface area contributed by atoms with Gasteiger partial charge >= 0.3 is 6.03 Å². The van der Waals surface area contributed by atoms with Crippen molar-refractivity contribution in [2.75, 3.05) is 31.5 Å². The van der Waals surface area contributed by atoms with Crippen LogP contribution in [0.4, 0.5) is 10.5 Å². The standard InChI is InChI=1S/C19H20ClN3O2/c1-14-3-2-4-17(13-14)21-19(25)23-11-9-22(10-12-23)18(24)15-5-7-16(20)8-6-15/h2-8,13H,9-12H2,1H3,(H,21,25). The molecule has 1 aliphatic rings. The predicted octanol–water partition coefficient (Wildman–Crippen LogP) is 3.64. The summed E-state index contributed by atoms with van der Waals surface area (Å²) < 4.78 is 0. The molecule has 0 radical (unpaired) electrons. The fourth-order valence-electron chi connectivity index (χ4n) is 2.81. The van der Waals surface area contributed by atoms with Crippen molar-refractivity contribution in [2.24, 2.45) is 0 Å². The zero-order valence-electron chi connectivity index (χ0n) is 14.0.